The second-order valence-corrected chi connectivity index (χ2v) is 8.01. The average Bonchev–Trinajstić information content (AvgIpc) is 2.34. The maximum absolute atomic E-state index is 12.4. The fraction of sp³-hybridized carbons (Fsp3) is 0.533. The van der Waals surface area contributed by atoms with Gasteiger partial charge in [0.15, 0.2) is 9.84 Å². The lowest BCUT2D eigenvalue weighted by Gasteiger charge is -2.37. The van der Waals surface area contributed by atoms with Gasteiger partial charge in [-0.25, -0.2) is 8.42 Å². The van der Waals surface area contributed by atoms with Crippen molar-refractivity contribution < 1.29 is 18.3 Å². The van der Waals surface area contributed by atoms with E-state index in [1.54, 1.807) is 36.1 Å². The van der Waals surface area contributed by atoms with E-state index in [1.165, 1.54) is 0 Å². The zero-order valence-electron chi connectivity index (χ0n) is 13.0. The molecule has 0 aromatic heterocycles. The Balaban J connectivity index is 3.43. The van der Waals surface area contributed by atoms with E-state index >= 15 is 0 Å². The average molecular weight is 313 g/mol. The Labute approximate surface area is 126 Å². The first-order chi connectivity index (χ1) is 9.59. The highest BCUT2D eigenvalue weighted by molar-refractivity contribution is 7.91. The molecule has 0 aliphatic heterocycles. The molecule has 0 fully saturated rings. The molecule has 0 saturated heterocycles. The zero-order valence-corrected chi connectivity index (χ0v) is 13.8. The summed E-state index contributed by atoms with van der Waals surface area (Å²) in [6.07, 6.45) is 0.519. The molecule has 5 nitrogen and oxygen atoms in total. The Morgan fingerprint density at radius 2 is 1.81 bits per heavy atom. The lowest BCUT2D eigenvalue weighted by molar-refractivity contribution is -0.135. The largest absolute Gasteiger partial charge is 0.480 e. The third-order valence-electron chi connectivity index (χ3n) is 3.07. The van der Waals surface area contributed by atoms with Gasteiger partial charge in [0.25, 0.3) is 0 Å². The van der Waals surface area contributed by atoms with Gasteiger partial charge in [-0.1, -0.05) is 19.1 Å². The van der Waals surface area contributed by atoms with Crippen molar-refractivity contribution in [3.63, 3.8) is 0 Å². The third kappa shape index (κ3) is 4.46. The molecule has 0 unspecified atom stereocenters. The molecular weight excluding hydrogens is 290 g/mol. The molecule has 1 aromatic rings. The van der Waals surface area contributed by atoms with Crippen LogP contribution >= 0.6 is 0 Å². The molecule has 1 N–H and O–H groups in total. The van der Waals surface area contributed by atoms with E-state index < -0.39 is 21.3 Å². The van der Waals surface area contributed by atoms with Crippen LogP contribution in [0.3, 0.4) is 0 Å². The minimum Gasteiger partial charge on any atom is -0.480 e. The van der Waals surface area contributed by atoms with Gasteiger partial charge >= 0.3 is 5.97 Å². The third-order valence-corrected chi connectivity index (χ3v) is 5.03. The Morgan fingerprint density at radius 1 is 1.24 bits per heavy atom. The number of hydrogen-bond donors (Lipinski definition) is 1. The monoisotopic (exact) mass is 313 g/mol. The fourth-order valence-corrected chi connectivity index (χ4v) is 3.68. The summed E-state index contributed by atoms with van der Waals surface area (Å²) in [6.45, 7) is 7.14. The maximum atomic E-state index is 12.4. The number of nitrogens with zero attached hydrogens (tertiary/aromatic N) is 1. The predicted molar refractivity (Wildman–Crippen MR) is 83.5 cm³/mol. The fourth-order valence-electron chi connectivity index (χ4n) is 2.14. The number of benzene rings is 1. The number of carbonyl (C=O) groups is 1. The highest BCUT2D eigenvalue weighted by atomic mass is 32.2. The van der Waals surface area contributed by atoms with Crippen molar-refractivity contribution in [3.05, 3.63) is 24.3 Å². The quantitative estimate of drug-likeness (QED) is 0.873. The summed E-state index contributed by atoms with van der Waals surface area (Å²) in [5, 5.41) is 9.11. The summed E-state index contributed by atoms with van der Waals surface area (Å²) < 4.78 is 24.8. The van der Waals surface area contributed by atoms with Crippen molar-refractivity contribution >= 4 is 21.5 Å². The Hall–Kier alpha value is -1.56. The van der Waals surface area contributed by atoms with Gasteiger partial charge in [-0.2, -0.15) is 0 Å². The van der Waals surface area contributed by atoms with Crippen LogP contribution < -0.4 is 4.90 Å². The van der Waals surface area contributed by atoms with Crippen LogP contribution in [0, 0.1) is 0 Å². The van der Waals surface area contributed by atoms with Crippen LogP contribution in [-0.4, -0.2) is 37.3 Å². The minimum atomic E-state index is -3.42. The van der Waals surface area contributed by atoms with Gasteiger partial charge < -0.3 is 10.0 Å². The Bertz CT molecular complexity index is 602. The summed E-state index contributed by atoms with van der Waals surface area (Å²) in [4.78, 5) is 12.9. The van der Waals surface area contributed by atoms with E-state index in [0.717, 1.165) is 0 Å². The molecule has 0 heterocycles. The second kappa shape index (κ2) is 6.47. The van der Waals surface area contributed by atoms with Crippen molar-refractivity contribution in [2.75, 3.05) is 17.2 Å². The molecule has 0 aliphatic rings. The smallest absolute Gasteiger partial charge is 0.323 e. The zero-order chi connectivity index (χ0) is 16.3. The van der Waals surface area contributed by atoms with Crippen LogP contribution in [0.4, 0.5) is 5.69 Å². The number of carboxylic acids is 1. The number of aliphatic carboxylic acids is 1. The van der Waals surface area contributed by atoms with Crippen molar-refractivity contribution in [1.29, 1.82) is 0 Å². The number of para-hydroxylation sites is 1. The molecule has 0 atom stereocenters. The van der Waals surface area contributed by atoms with Crippen LogP contribution in [0.25, 0.3) is 0 Å². The van der Waals surface area contributed by atoms with Crippen LogP contribution in [0.1, 0.15) is 34.1 Å². The van der Waals surface area contributed by atoms with Crippen molar-refractivity contribution in [1.82, 2.24) is 0 Å². The van der Waals surface area contributed by atoms with Gasteiger partial charge in [0.1, 0.15) is 6.54 Å². The number of anilines is 1. The molecule has 118 valence electrons. The maximum Gasteiger partial charge on any atom is 0.323 e. The molecule has 1 rings (SSSR count). The van der Waals surface area contributed by atoms with Gasteiger partial charge in [0.2, 0.25) is 0 Å². The topological polar surface area (TPSA) is 74.7 Å². The molecule has 6 heteroatoms. The first-order valence-electron chi connectivity index (χ1n) is 6.91. The van der Waals surface area contributed by atoms with Gasteiger partial charge in [-0.05, 0) is 39.3 Å². The molecule has 0 saturated carbocycles. The standard InChI is InChI=1S/C15H23NO4S/c1-5-10-21(19,20)13-9-7-6-8-12(13)16(11-14(17)18)15(2,3)4/h6-9H,5,10-11H2,1-4H3,(H,17,18). The second-order valence-electron chi connectivity index (χ2n) is 5.94. The number of carboxylic acid groups (broad SMARTS) is 1. The van der Waals surface area contributed by atoms with Gasteiger partial charge in [-0.3, -0.25) is 4.79 Å². The van der Waals surface area contributed by atoms with Gasteiger partial charge in [-0.15, -0.1) is 0 Å². The highest BCUT2D eigenvalue weighted by Gasteiger charge is 2.29. The number of hydrogen-bond acceptors (Lipinski definition) is 4. The van der Waals surface area contributed by atoms with E-state index in [4.69, 9.17) is 5.11 Å². The van der Waals surface area contributed by atoms with Gasteiger partial charge in [0.05, 0.1) is 16.3 Å². The molecular formula is C15H23NO4S. The van der Waals surface area contributed by atoms with Crippen molar-refractivity contribution in [3.8, 4) is 0 Å². The van der Waals surface area contributed by atoms with E-state index in [1.807, 2.05) is 20.8 Å². The molecule has 21 heavy (non-hydrogen) atoms. The molecule has 0 bridgehead atoms. The summed E-state index contributed by atoms with van der Waals surface area (Å²) in [6, 6.07) is 6.59. The van der Waals surface area contributed by atoms with E-state index in [9.17, 15) is 13.2 Å². The summed E-state index contributed by atoms with van der Waals surface area (Å²) >= 11 is 0. The normalized spacial score (nSPS) is 12.2. The van der Waals surface area contributed by atoms with Crippen LogP contribution in [-0.2, 0) is 14.6 Å². The first kappa shape index (κ1) is 17.5. The predicted octanol–water partition coefficient (Wildman–Crippen LogP) is 2.56. The van der Waals surface area contributed by atoms with Crippen LogP contribution in [0.2, 0.25) is 0 Å². The summed E-state index contributed by atoms with van der Waals surface area (Å²) in [5.74, 6) is -0.942. The number of sulfone groups is 1. The lowest BCUT2D eigenvalue weighted by Crippen LogP contribution is -2.45. The van der Waals surface area contributed by atoms with E-state index in [2.05, 4.69) is 0 Å². The molecule has 1 aromatic carbocycles. The molecule has 0 spiro atoms. The number of rotatable bonds is 6. The van der Waals surface area contributed by atoms with Gasteiger partial charge in [0, 0.05) is 5.54 Å². The molecule has 0 amide bonds. The first-order valence-corrected chi connectivity index (χ1v) is 8.56. The SMILES string of the molecule is CCCS(=O)(=O)c1ccccc1N(CC(=O)O)C(C)(C)C. The molecule has 0 radical (unpaired) electrons. The van der Waals surface area contributed by atoms with Crippen LogP contribution in [0.15, 0.2) is 29.2 Å². The van der Waals surface area contributed by atoms with Crippen LogP contribution in [0.5, 0.6) is 0 Å². The minimum absolute atomic E-state index is 0.0507. The molecule has 0 aliphatic carbocycles. The lowest BCUT2D eigenvalue weighted by atomic mass is 10.0. The van der Waals surface area contributed by atoms with Crippen molar-refractivity contribution in [2.24, 2.45) is 0 Å². The van der Waals surface area contributed by atoms with E-state index in [-0.39, 0.29) is 17.2 Å². The van der Waals surface area contributed by atoms with Crippen molar-refractivity contribution in [2.45, 2.75) is 44.6 Å². The van der Waals surface area contributed by atoms with E-state index in [0.29, 0.717) is 12.1 Å². The summed E-state index contributed by atoms with van der Waals surface area (Å²) in [5.41, 5.74) is -0.0585. The Kier molecular flexibility index (Phi) is 5.39. The highest BCUT2D eigenvalue weighted by Crippen LogP contribution is 2.31. The summed E-state index contributed by atoms with van der Waals surface area (Å²) in [7, 11) is -3.42. The Morgan fingerprint density at radius 3 is 2.29 bits per heavy atom.